The Morgan fingerprint density at radius 3 is 2.31 bits per heavy atom. The molecule has 0 spiro atoms. The smallest absolute Gasteiger partial charge is 0.324 e. The zero-order valence-electron chi connectivity index (χ0n) is 14.1. The summed E-state index contributed by atoms with van der Waals surface area (Å²) in [6.45, 7) is -0.148. The number of sulfonamides is 1. The van der Waals surface area contributed by atoms with Gasteiger partial charge in [-0.1, -0.05) is 18.2 Å². The van der Waals surface area contributed by atoms with E-state index in [9.17, 15) is 18.3 Å². The van der Waals surface area contributed by atoms with Crippen molar-refractivity contribution in [3.05, 3.63) is 54.6 Å². The summed E-state index contributed by atoms with van der Waals surface area (Å²) < 4.78 is 37.0. The van der Waals surface area contributed by atoms with Crippen LogP contribution in [0, 0.1) is 0 Å². The molecular formula is C18H19NO6S. The molecule has 0 aromatic heterocycles. The largest absolute Gasteiger partial charge is 0.468 e. The number of esters is 1. The Kier molecular flexibility index (Phi) is 5.26. The Hall–Kier alpha value is -2.42. The van der Waals surface area contributed by atoms with E-state index in [1.807, 2.05) is 18.2 Å². The van der Waals surface area contributed by atoms with Gasteiger partial charge in [-0.3, -0.25) is 4.79 Å². The van der Waals surface area contributed by atoms with Gasteiger partial charge in [-0.25, -0.2) is 8.42 Å². The molecule has 2 aromatic rings. The summed E-state index contributed by atoms with van der Waals surface area (Å²) >= 11 is 0. The second-order valence-electron chi connectivity index (χ2n) is 5.89. The number of para-hydroxylation sites is 1. The Labute approximate surface area is 151 Å². The number of carbonyl (C=O) groups is 1. The summed E-state index contributed by atoms with van der Waals surface area (Å²) in [4.78, 5) is 11.9. The molecule has 1 aliphatic rings. The summed E-state index contributed by atoms with van der Waals surface area (Å²) in [5.74, 6) is 0.437. The molecule has 1 heterocycles. The van der Waals surface area contributed by atoms with E-state index >= 15 is 0 Å². The molecule has 0 amide bonds. The number of rotatable bonds is 5. The van der Waals surface area contributed by atoms with Crippen LogP contribution in [0.25, 0.3) is 0 Å². The van der Waals surface area contributed by atoms with Crippen molar-refractivity contribution in [3.8, 4) is 11.5 Å². The maximum absolute atomic E-state index is 12.8. The Bertz CT molecular complexity index is 866. The summed E-state index contributed by atoms with van der Waals surface area (Å²) in [5, 5.41) is 9.80. The van der Waals surface area contributed by atoms with Crippen molar-refractivity contribution in [2.45, 2.75) is 23.5 Å². The minimum atomic E-state index is -3.95. The SMILES string of the molecule is COC(=O)[C@H]1C[C@@H](O)CN1S(=O)(=O)c1ccc(Oc2ccccc2)cc1. The average Bonchev–Trinajstić information content (AvgIpc) is 3.05. The predicted molar refractivity (Wildman–Crippen MR) is 93.3 cm³/mol. The van der Waals surface area contributed by atoms with Gasteiger partial charge in [-0.05, 0) is 36.4 Å². The van der Waals surface area contributed by atoms with Crippen molar-refractivity contribution in [2.24, 2.45) is 0 Å². The van der Waals surface area contributed by atoms with Gasteiger partial charge in [0, 0.05) is 13.0 Å². The van der Waals surface area contributed by atoms with E-state index in [4.69, 9.17) is 4.74 Å². The van der Waals surface area contributed by atoms with Crippen molar-refractivity contribution in [1.82, 2.24) is 4.31 Å². The molecule has 1 aliphatic heterocycles. The maximum atomic E-state index is 12.8. The zero-order chi connectivity index (χ0) is 18.7. The van der Waals surface area contributed by atoms with Gasteiger partial charge in [0.05, 0.1) is 18.1 Å². The minimum absolute atomic E-state index is 0.0147. The molecule has 8 heteroatoms. The van der Waals surface area contributed by atoms with Crippen molar-refractivity contribution in [2.75, 3.05) is 13.7 Å². The van der Waals surface area contributed by atoms with Crippen molar-refractivity contribution >= 4 is 16.0 Å². The standard InChI is InChI=1S/C18H19NO6S/c1-24-18(21)17-11-13(20)12-19(17)26(22,23)16-9-7-15(8-10-16)25-14-5-3-2-4-6-14/h2-10,13,17,20H,11-12H2,1H3/t13-,17-/m1/s1. The van der Waals surface area contributed by atoms with Crippen molar-refractivity contribution in [1.29, 1.82) is 0 Å². The quantitative estimate of drug-likeness (QED) is 0.799. The Balaban J connectivity index is 1.82. The third-order valence-electron chi connectivity index (χ3n) is 4.12. The van der Waals surface area contributed by atoms with Crippen LogP contribution in [0.5, 0.6) is 11.5 Å². The summed E-state index contributed by atoms with van der Waals surface area (Å²) in [6.07, 6.45) is -0.893. The lowest BCUT2D eigenvalue weighted by molar-refractivity contribution is -0.144. The van der Waals surface area contributed by atoms with Crippen LogP contribution in [-0.4, -0.2) is 49.6 Å². The van der Waals surface area contributed by atoms with E-state index < -0.39 is 28.1 Å². The third-order valence-corrected chi connectivity index (χ3v) is 6.01. The van der Waals surface area contributed by atoms with Crippen LogP contribution in [0.15, 0.2) is 59.5 Å². The van der Waals surface area contributed by atoms with Gasteiger partial charge in [0.1, 0.15) is 17.5 Å². The van der Waals surface area contributed by atoms with E-state index in [0.29, 0.717) is 11.5 Å². The molecule has 1 N–H and O–H groups in total. The molecule has 0 unspecified atom stereocenters. The molecule has 1 fully saturated rings. The number of ether oxygens (including phenoxy) is 2. The van der Waals surface area contributed by atoms with E-state index in [1.165, 1.54) is 19.2 Å². The highest BCUT2D eigenvalue weighted by molar-refractivity contribution is 7.89. The van der Waals surface area contributed by atoms with E-state index in [0.717, 1.165) is 4.31 Å². The lowest BCUT2D eigenvalue weighted by Crippen LogP contribution is -2.41. The number of aliphatic hydroxyl groups is 1. The number of nitrogens with zero attached hydrogens (tertiary/aromatic N) is 1. The number of methoxy groups -OCH3 is 1. The molecule has 26 heavy (non-hydrogen) atoms. The topological polar surface area (TPSA) is 93.1 Å². The molecule has 7 nitrogen and oxygen atoms in total. The van der Waals surface area contributed by atoms with Crippen molar-refractivity contribution < 1.29 is 27.8 Å². The normalized spacial score (nSPS) is 20.7. The molecule has 0 bridgehead atoms. The predicted octanol–water partition coefficient (Wildman–Crippen LogP) is 1.78. The highest BCUT2D eigenvalue weighted by atomic mass is 32.2. The fourth-order valence-electron chi connectivity index (χ4n) is 2.84. The highest BCUT2D eigenvalue weighted by Crippen LogP contribution is 2.29. The number of hydrogen-bond acceptors (Lipinski definition) is 6. The zero-order valence-corrected chi connectivity index (χ0v) is 14.9. The lowest BCUT2D eigenvalue weighted by atomic mass is 10.2. The molecule has 138 valence electrons. The summed E-state index contributed by atoms with van der Waals surface area (Å²) in [6, 6.07) is 14.0. The van der Waals surface area contributed by atoms with Crippen LogP contribution < -0.4 is 4.74 Å². The van der Waals surface area contributed by atoms with Gasteiger partial charge < -0.3 is 14.6 Å². The van der Waals surface area contributed by atoms with Gasteiger partial charge in [-0.2, -0.15) is 4.31 Å². The fourth-order valence-corrected chi connectivity index (χ4v) is 4.47. The molecule has 1 saturated heterocycles. The molecule has 3 rings (SSSR count). The van der Waals surface area contributed by atoms with Crippen LogP contribution in [0.4, 0.5) is 0 Å². The number of hydrogen-bond donors (Lipinski definition) is 1. The average molecular weight is 377 g/mol. The second-order valence-corrected chi connectivity index (χ2v) is 7.78. The summed E-state index contributed by atoms with van der Waals surface area (Å²) in [7, 11) is -2.76. The first-order valence-corrected chi connectivity index (χ1v) is 9.46. The Morgan fingerprint density at radius 1 is 1.08 bits per heavy atom. The molecule has 0 aliphatic carbocycles. The summed E-state index contributed by atoms with van der Waals surface area (Å²) in [5.41, 5.74) is 0. The van der Waals surface area contributed by atoms with Crippen LogP contribution in [-0.2, 0) is 19.6 Å². The highest BCUT2D eigenvalue weighted by Gasteiger charge is 2.44. The van der Waals surface area contributed by atoms with Crippen LogP contribution in [0.3, 0.4) is 0 Å². The van der Waals surface area contributed by atoms with Gasteiger partial charge in [-0.15, -0.1) is 0 Å². The van der Waals surface area contributed by atoms with Crippen LogP contribution >= 0.6 is 0 Å². The van der Waals surface area contributed by atoms with Gasteiger partial charge in [0.15, 0.2) is 0 Å². The minimum Gasteiger partial charge on any atom is -0.468 e. The molecule has 0 radical (unpaired) electrons. The van der Waals surface area contributed by atoms with Gasteiger partial charge in [0.25, 0.3) is 0 Å². The number of carbonyl (C=O) groups excluding carboxylic acids is 1. The fraction of sp³-hybridized carbons (Fsp3) is 0.278. The van der Waals surface area contributed by atoms with Crippen molar-refractivity contribution in [3.63, 3.8) is 0 Å². The van der Waals surface area contributed by atoms with Gasteiger partial charge in [0.2, 0.25) is 10.0 Å². The first-order chi connectivity index (χ1) is 12.4. The monoisotopic (exact) mass is 377 g/mol. The molecule has 0 saturated carbocycles. The first-order valence-electron chi connectivity index (χ1n) is 8.02. The van der Waals surface area contributed by atoms with E-state index in [2.05, 4.69) is 4.74 Å². The van der Waals surface area contributed by atoms with Gasteiger partial charge >= 0.3 is 5.97 Å². The maximum Gasteiger partial charge on any atom is 0.324 e. The molecule has 2 aromatic carbocycles. The lowest BCUT2D eigenvalue weighted by Gasteiger charge is -2.21. The Morgan fingerprint density at radius 2 is 1.69 bits per heavy atom. The van der Waals surface area contributed by atoms with Crippen LogP contribution in [0.2, 0.25) is 0 Å². The molecule has 2 atom stereocenters. The van der Waals surface area contributed by atoms with E-state index in [-0.39, 0.29) is 17.9 Å². The first kappa shape index (κ1) is 18.4. The third kappa shape index (κ3) is 3.72. The van der Waals surface area contributed by atoms with Crippen LogP contribution in [0.1, 0.15) is 6.42 Å². The number of aliphatic hydroxyl groups excluding tert-OH is 1. The molecular weight excluding hydrogens is 358 g/mol. The second kappa shape index (κ2) is 7.45. The van der Waals surface area contributed by atoms with E-state index in [1.54, 1.807) is 24.3 Å². The number of benzene rings is 2. The number of β-amino-alcohol motifs (C(OH)–C–C–N with tert-alkyl or cyclic N) is 1.